The molecule has 5 rings (SSSR count). The number of halogens is 2. The number of nitrogens with one attached hydrogen (secondary N) is 2. The van der Waals surface area contributed by atoms with Gasteiger partial charge in [0.15, 0.2) is 11.4 Å². The standard InChI is InChI=1S/C31H37ClFN3O11/c1-13(29(41)35-21-22(37)24(39)27-26(23(21)38)43-12-44-27)8-15-4-7-20(19(34)9-15)46-30-31(3,42)28(40)25(47-30)14(2)36-45-11-16-10-17(33)5-6-18(16)32/h4-10,21-24,26-28,30,36-40,42H,11-12,34H2,1-3H3,(H,35,41)/t21-,22+,23-,24-,26+,27-,28-,30-,31-/m1/s1. The minimum atomic E-state index is -1.92. The molecular weight excluding hydrogens is 645 g/mol. The van der Waals surface area contributed by atoms with Crippen molar-refractivity contribution < 1.29 is 58.5 Å². The largest absolute Gasteiger partial charge is 0.451 e. The molecule has 2 heterocycles. The second-order valence-electron chi connectivity index (χ2n) is 11.8. The SMILES string of the molecule is CC(=Cc1ccc(O[C@@H]2OC(=C(C)NOCc3cc(F)ccc3Cl)[C@@H](O)[C@@]2(C)O)c(N)c1)C(=O)N[C@@H]1[C@H](O)[C@@H](O)[C@H]2OCO[C@H]2[C@@H]1O. The van der Waals surface area contributed by atoms with E-state index < -0.39 is 66.3 Å². The Bertz CT molecular complexity index is 1560. The molecule has 47 heavy (non-hydrogen) atoms. The highest BCUT2D eigenvalue weighted by Gasteiger charge is 2.54. The van der Waals surface area contributed by atoms with E-state index in [0.717, 1.165) is 0 Å². The lowest BCUT2D eigenvalue weighted by Gasteiger charge is -2.41. The molecule has 256 valence electrons. The third-order valence-electron chi connectivity index (χ3n) is 8.25. The molecule has 3 fully saturated rings. The highest BCUT2D eigenvalue weighted by Crippen LogP contribution is 2.38. The fourth-order valence-electron chi connectivity index (χ4n) is 5.47. The van der Waals surface area contributed by atoms with Crippen molar-refractivity contribution in [3.05, 3.63) is 75.4 Å². The molecule has 9 N–H and O–H groups in total. The number of aliphatic hydroxyl groups excluding tert-OH is 4. The number of benzene rings is 2. The third kappa shape index (κ3) is 7.18. The van der Waals surface area contributed by atoms with Crippen LogP contribution in [0.3, 0.4) is 0 Å². The topological polar surface area (TPSA) is 214 Å². The number of ether oxygens (including phenoxy) is 4. The first-order valence-electron chi connectivity index (χ1n) is 14.6. The average Bonchev–Trinajstić information content (AvgIpc) is 3.60. The molecule has 0 unspecified atom stereocenters. The van der Waals surface area contributed by atoms with Gasteiger partial charge < -0.3 is 55.5 Å². The van der Waals surface area contributed by atoms with Gasteiger partial charge >= 0.3 is 0 Å². The number of carbonyl (C=O) groups excluding carboxylic acids is 1. The first-order chi connectivity index (χ1) is 22.2. The zero-order valence-corrected chi connectivity index (χ0v) is 26.3. The van der Waals surface area contributed by atoms with Crippen molar-refractivity contribution in [2.75, 3.05) is 12.5 Å². The van der Waals surface area contributed by atoms with Crippen LogP contribution >= 0.6 is 11.6 Å². The smallest absolute Gasteiger partial charge is 0.272 e. The van der Waals surface area contributed by atoms with Crippen molar-refractivity contribution in [3.8, 4) is 5.75 Å². The molecule has 0 aromatic heterocycles. The van der Waals surface area contributed by atoms with Crippen LogP contribution in [-0.4, -0.2) is 92.8 Å². The molecule has 0 spiro atoms. The Morgan fingerprint density at radius 1 is 1.11 bits per heavy atom. The van der Waals surface area contributed by atoms with Crippen LogP contribution in [0.1, 0.15) is 31.9 Å². The molecule has 3 aliphatic rings. The summed E-state index contributed by atoms with van der Waals surface area (Å²) in [5.74, 6) is -1.05. The second kappa shape index (κ2) is 13.9. The van der Waals surface area contributed by atoms with Crippen LogP contribution in [0.25, 0.3) is 6.08 Å². The predicted octanol–water partition coefficient (Wildman–Crippen LogP) is 0.587. The molecular formula is C31H37ClFN3O11. The Hall–Kier alpha value is -3.51. The number of aliphatic hydroxyl groups is 5. The van der Waals surface area contributed by atoms with E-state index in [9.17, 15) is 34.7 Å². The number of hydrogen-bond donors (Lipinski definition) is 8. The van der Waals surface area contributed by atoms with Gasteiger partial charge in [-0.3, -0.25) is 15.1 Å². The van der Waals surface area contributed by atoms with Gasteiger partial charge in [0.2, 0.25) is 5.91 Å². The zero-order chi connectivity index (χ0) is 34.2. The predicted molar refractivity (Wildman–Crippen MR) is 163 cm³/mol. The normalized spacial score (nSPS) is 33.2. The van der Waals surface area contributed by atoms with Gasteiger partial charge in [-0.2, -0.15) is 0 Å². The van der Waals surface area contributed by atoms with E-state index >= 15 is 0 Å². The Labute approximate surface area is 274 Å². The molecule has 1 saturated carbocycles. The summed E-state index contributed by atoms with van der Waals surface area (Å²) >= 11 is 6.06. The van der Waals surface area contributed by atoms with Crippen LogP contribution in [0.2, 0.25) is 5.02 Å². The number of nitrogens with two attached hydrogens (primary N) is 1. The maximum Gasteiger partial charge on any atom is 0.272 e. The van der Waals surface area contributed by atoms with Gasteiger partial charge in [0.05, 0.1) is 17.4 Å². The molecule has 2 saturated heterocycles. The number of allylic oxidation sites excluding steroid dienone is 1. The van der Waals surface area contributed by atoms with Crippen LogP contribution in [0.15, 0.2) is 53.4 Å². The van der Waals surface area contributed by atoms with Crippen LogP contribution in [0.5, 0.6) is 5.75 Å². The van der Waals surface area contributed by atoms with Crippen molar-refractivity contribution in [1.82, 2.24) is 10.8 Å². The summed E-state index contributed by atoms with van der Waals surface area (Å²) in [6, 6.07) is 7.20. The Kier molecular flexibility index (Phi) is 10.3. The summed E-state index contributed by atoms with van der Waals surface area (Å²) in [4.78, 5) is 18.3. The molecule has 1 amide bonds. The molecule has 9 atom stereocenters. The van der Waals surface area contributed by atoms with E-state index in [4.69, 9.17) is 41.1 Å². The number of hydroxylamine groups is 1. The quantitative estimate of drug-likeness (QED) is 0.103. The lowest BCUT2D eigenvalue weighted by Crippen LogP contribution is -2.67. The molecule has 1 aliphatic carbocycles. The first kappa shape index (κ1) is 34.8. The number of anilines is 1. The summed E-state index contributed by atoms with van der Waals surface area (Å²) in [5, 5.41) is 56.1. The maximum atomic E-state index is 13.5. The van der Waals surface area contributed by atoms with Crippen LogP contribution in [0, 0.1) is 5.82 Å². The van der Waals surface area contributed by atoms with Gasteiger partial charge in [-0.25, -0.2) is 4.39 Å². The van der Waals surface area contributed by atoms with Gasteiger partial charge in [-0.05, 0) is 62.7 Å². The van der Waals surface area contributed by atoms with E-state index in [1.165, 1.54) is 57.2 Å². The molecule has 0 radical (unpaired) electrons. The number of carbonyl (C=O) groups is 1. The summed E-state index contributed by atoms with van der Waals surface area (Å²) < 4.78 is 35.6. The lowest BCUT2D eigenvalue weighted by atomic mass is 9.83. The van der Waals surface area contributed by atoms with E-state index in [0.29, 0.717) is 16.1 Å². The third-order valence-corrected chi connectivity index (χ3v) is 8.62. The van der Waals surface area contributed by atoms with Crippen molar-refractivity contribution in [2.45, 2.75) is 81.9 Å². The second-order valence-corrected chi connectivity index (χ2v) is 12.2. The summed E-state index contributed by atoms with van der Waals surface area (Å²) in [7, 11) is 0. The van der Waals surface area contributed by atoms with E-state index in [-0.39, 0.29) is 41.9 Å². The van der Waals surface area contributed by atoms with Crippen molar-refractivity contribution in [2.24, 2.45) is 0 Å². The Balaban J connectivity index is 1.21. The maximum absolute atomic E-state index is 13.5. The average molecular weight is 682 g/mol. The highest BCUT2D eigenvalue weighted by atomic mass is 35.5. The van der Waals surface area contributed by atoms with Crippen LogP contribution in [0.4, 0.5) is 10.1 Å². The number of hydrogen-bond acceptors (Lipinski definition) is 13. The number of rotatable bonds is 9. The monoisotopic (exact) mass is 681 g/mol. The van der Waals surface area contributed by atoms with Crippen LogP contribution in [-0.2, 0) is 30.4 Å². The minimum absolute atomic E-state index is 0.0617. The Morgan fingerprint density at radius 3 is 2.51 bits per heavy atom. The number of amides is 1. The fourth-order valence-corrected chi connectivity index (χ4v) is 5.64. The van der Waals surface area contributed by atoms with Crippen molar-refractivity contribution in [3.63, 3.8) is 0 Å². The molecule has 2 aliphatic heterocycles. The zero-order valence-electron chi connectivity index (χ0n) is 25.6. The van der Waals surface area contributed by atoms with Crippen molar-refractivity contribution >= 4 is 29.3 Å². The van der Waals surface area contributed by atoms with Gasteiger partial charge in [-0.1, -0.05) is 17.7 Å². The molecule has 2 aromatic rings. The highest BCUT2D eigenvalue weighted by molar-refractivity contribution is 6.31. The molecule has 16 heteroatoms. The lowest BCUT2D eigenvalue weighted by molar-refractivity contribution is -0.155. The van der Waals surface area contributed by atoms with Gasteiger partial charge in [0, 0.05) is 16.2 Å². The molecule has 14 nitrogen and oxygen atoms in total. The van der Waals surface area contributed by atoms with Crippen molar-refractivity contribution in [1.29, 1.82) is 0 Å². The summed E-state index contributed by atoms with van der Waals surface area (Å²) in [6.07, 6.45) is -7.41. The minimum Gasteiger partial charge on any atom is -0.451 e. The van der Waals surface area contributed by atoms with Gasteiger partial charge in [0.1, 0.15) is 61.6 Å². The number of fused-ring (bicyclic) bond motifs is 1. The number of nitrogen functional groups attached to an aromatic ring is 1. The van der Waals surface area contributed by atoms with E-state index in [1.54, 1.807) is 6.07 Å². The fraction of sp³-hybridized carbons (Fsp3) is 0.452. The molecule has 0 bridgehead atoms. The summed E-state index contributed by atoms with van der Waals surface area (Å²) in [5.41, 5.74) is 8.30. The van der Waals surface area contributed by atoms with Gasteiger partial charge in [0.25, 0.3) is 6.29 Å². The first-order valence-corrected chi connectivity index (χ1v) is 15.0. The Morgan fingerprint density at radius 2 is 1.81 bits per heavy atom. The van der Waals surface area contributed by atoms with E-state index in [2.05, 4.69) is 10.8 Å². The summed E-state index contributed by atoms with van der Waals surface area (Å²) in [6.45, 7) is 4.10. The molecule has 2 aromatic carbocycles. The van der Waals surface area contributed by atoms with Gasteiger partial charge in [-0.15, -0.1) is 0 Å². The van der Waals surface area contributed by atoms with E-state index in [1.807, 2.05) is 0 Å². The van der Waals surface area contributed by atoms with Crippen LogP contribution < -0.4 is 21.3 Å².